The quantitative estimate of drug-likeness (QED) is 0.430. The van der Waals surface area contributed by atoms with Gasteiger partial charge in [-0.25, -0.2) is 0 Å². The first-order chi connectivity index (χ1) is 8.84. The Morgan fingerprint density at radius 1 is 0.789 bits per heavy atom. The van der Waals surface area contributed by atoms with Gasteiger partial charge in [-0.1, -0.05) is 0 Å². The number of nitrogens with zero attached hydrogens (tertiary/aromatic N) is 2. The summed E-state index contributed by atoms with van der Waals surface area (Å²) >= 11 is -1.25. The fourth-order valence-corrected chi connectivity index (χ4v) is 5.24. The zero-order valence-electron chi connectivity index (χ0n) is 13.9. The van der Waals surface area contributed by atoms with Crippen molar-refractivity contribution in [1.29, 1.82) is 0 Å². The summed E-state index contributed by atoms with van der Waals surface area (Å²) < 4.78 is 12.2. The molecule has 114 valence electrons. The summed E-state index contributed by atoms with van der Waals surface area (Å²) in [5.41, 5.74) is 0. The molecule has 0 bridgehead atoms. The molecule has 0 aromatic carbocycles. The fraction of sp³-hybridized carbons (Fsp3) is 1.00. The van der Waals surface area contributed by atoms with E-state index in [1.54, 1.807) is 0 Å². The van der Waals surface area contributed by atoms with Crippen molar-refractivity contribution < 1.29 is 6.15 Å². The topological polar surface area (TPSA) is 24.9 Å². The van der Waals surface area contributed by atoms with Crippen LogP contribution in [-0.2, 0) is 6.15 Å². The minimum atomic E-state index is -1.25. The van der Waals surface area contributed by atoms with Gasteiger partial charge in [0.2, 0.25) is 0 Å². The van der Waals surface area contributed by atoms with E-state index in [-0.39, 0.29) is 12.5 Å². The van der Waals surface area contributed by atoms with Crippen LogP contribution in [0.5, 0.6) is 0 Å². The summed E-state index contributed by atoms with van der Waals surface area (Å²) in [5.74, 6) is 1.09. The number of hydrogen-bond acceptors (Lipinski definition) is 4. The van der Waals surface area contributed by atoms with Crippen LogP contribution in [0.4, 0.5) is 0 Å². The fourth-order valence-electron chi connectivity index (χ4n) is 1.99. The molecule has 0 aromatic rings. The van der Waals surface area contributed by atoms with Gasteiger partial charge in [-0.15, -0.1) is 0 Å². The molecule has 4 atom stereocenters. The zero-order chi connectivity index (χ0) is 15.0. The van der Waals surface area contributed by atoms with E-state index >= 15 is 0 Å². The van der Waals surface area contributed by atoms with Gasteiger partial charge in [0.15, 0.2) is 0 Å². The van der Waals surface area contributed by atoms with E-state index in [2.05, 4.69) is 65.7 Å². The predicted octanol–water partition coefficient (Wildman–Crippen LogP) is 2.42. The molecule has 0 amide bonds. The van der Waals surface area contributed by atoms with Gasteiger partial charge in [-0.05, 0) is 0 Å². The van der Waals surface area contributed by atoms with Crippen molar-refractivity contribution in [3.05, 3.63) is 0 Å². The Morgan fingerprint density at radius 3 is 1.32 bits per heavy atom. The van der Waals surface area contributed by atoms with Crippen molar-refractivity contribution in [3.8, 4) is 0 Å². The average molecular weight is 379 g/mol. The summed E-state index contributed by atoms with van der Waals surface area (Å²) in [4.78, 5) is 4.32. The molecule has 0 aliphatic rings. The van der Waals surface area contributed by atoms with Crippen molar-refractivity contribution >= 4 is 22.0 Å². The summed E-state index contributed by atoms with van der Waals surface area (Å²) in [6.45, 7) is 8.89. The van der Waals surface area contributed by atoms with E-state index in [0.717, 1.165) is 12.8 Å². The van der Waals surface area contributed by atoms with Crippen LogP contribution in [0, 0.1) is 11.8 Å². The monoisotopic (exact) mass is 380 g/mol. The van der Waals surface area contributed by atoms with Crippen LogP contribution in [0.1, 0.15) is 40.5 Å². The second-order valence-corrected chi connectivity index (χ2v) is 7.62. The Kier molecular flexibility index (Phi) is 10.7. The summed E-state index contributed by atoms with van der Waals surface area (Å²) in [7, 11) is 8.31. The van der Waals surface area contributed by atoms with Crippen molar-refractivity contribution in [3.63, 3.8) is 0 Å². The zero-order valence-corrected chi connectivity index (χ0v) is 16.8. The van der Waals surface area contributed by atoms with E-state index < -0.39 is 22.0 Å². The molecule has 0 aliphatic heterocycles. The molecule has 0 rings (SSSR count). The molecule has 0 N–H and O–H groups in total. The molecule has 0 saturated heterocycles. The Balaban J connectivity index is 4.29. The molecule has 0 aliphatic carbocycles. The maximum absolute atomic E-state index is 6.08. The summed E-state index contributed by atoms with van der Waals surface area (Å²) in [6, 6.07) is 0. The van der Waals surface area contributed by atoms with Crippen LogP contribution in [0.2, 0.25) is 0 Å². The molecule has 5 heteroatoms. The molecule has 0 saturated carbocycles. The van der Waals surface area contributed by atoms with Gasteiger partial charge in [0.25, 0.3) is 0 Å². The second-order valence-electron chi connectivity index (χ2n) is 5.80. The molecule has 0 aromatic heterocycles. The predicted molar refractivity (Wildman–Crippen MR) is 81.8 cm³/mol. The van der Waals surface area contributed by atoms with E-state index in [0.29, 0.717) is 11.8 Å². The van der Waals surface area contributed by atoms with Crippen molar-refractivity contribution in [2.45, 2.75) is 53.0 Å². The minimum absolute atomic E-state index is 0.191. The Hall–Kier alpha value is 0.639. The number of rotatable bonds is 10. The van der Waals surface area contributed by atoms with Crippen LogP contribution in [0.3, 0.4) is 0 Å². The van der Waals surface area contributed by atoms with Gasteiger partial charge < -0.3 is 0 Å². The van der Waals surface area contributed by atoms with E-state index in [4.69, 9.17) is 6.15 Å². The first kappa shape index (κ1) is 19.6. The molecule has 19 heavy (non-hydrogen) atoms. The van der Waals surface area contributed by atoms with Gasteiger partial charge in [0.05, 0.1) is 0 Å². The molecular formula is C14H32N2O2Sn. The van der Waals surface area contributed by atoms with Crippen molar-refractivity contribution in [2.24, 2.45) is 11.8 Å². The average Bonchev–Trinajstić information content (AvgIpc) is 2.36. The molecule has 0 spiro atoms. The summed E-state index contributed by atoms with van der Waals surface area (Å²) in [5, 5.41) is 0. The van der Waals surface area contributed by atoms with Crippen molar-refractivity contribution in [1.82, 2.24) is 9.80 Å². The van der Waals surface area contributed by atoms with Crippen LogP contribution in [-0.4, -0.2) is 72.4 Å². The SMILES string of the molecule is CCC(C)C([O][Sn][O]C(C(C)CC)N(C)C)N(C)C. The molecule has 4 unspecified atom stereocenters. The molecule has 0 fully saturated rings. The van der Waals surface area contributed by atoms with Crippen molar-refractivity contribution in [2.75, 3.05) is 28.2 Å². The van der Waals surface area contributed by atoms with Crippen LogP contribution in [0.25, 0.3) is 0 Å². The third-order valence-corrected chi connectivity index (χ3v) is 5.54. The molecule has 2 radical (unpaired) electrons. The van der Waals surface area contributed by atoms with E-state index in [1.807, 2.05) is 0 Å². The third kappa shape index (κ3) is 7.27. The Labute approximate surface area is 131 Å². The van der Waals surface area contributed by atoms with E-state index in [9.17, 15) is 0 Å². The van der Waals surface area contributed by atoms with Gasteiger partial charge in [-0.3, -0.25) is 0 Å². The Bertz CT molecular complexity index is 205. The van der Waals surface area contributed by atoms with Gasteiger partial charge in [-0.2, -0.15) is 0 Å². The van der Waals surface area contributed by atoms with Crippen LogP contribution < -0.4 is 0 Å². The van der Waals surface area contributed by atoms with Crippen LogP contribution >= 0.6 is 0 Å². The van der Waals surface area contributed by atoms with E-state index in [1.165, 1.54) is 0 Å². The first-order valence-electron chi connectivity index (χ1n) is 7.24. The standard InChI is InChI=1S/2C7H16NO.Sn/c2*1-5-6(2)7(9)8(3)4;/h2*6-7H,5H2,1-4H3;/q2*-1;+2. The third-order valence-electron chi connectivity index (χ3n) is 3.62. The van der Waals surface area contributed by atoms with Gasteiger partial charge >= 0.3 is 131 Å². The number of hydrogen-bond donors (Lipinski definition) is 0. The Morgan fingerprint density at radius 2 is 1.11 bits per heavy atom. The summed E-state index contributed by atoms with van der Waals surface area (Å²) in [6.07, 6.45) is 2.64. The first-order valence-corrected chi connectivity index (χ1v) is 9.57. The molecular weight excluding hydrogens is 347 g/mol. The van der Waals surface area contributed by atoms with Gasteiger partial charge in [0.1, 0.15) is 0 Å². The normalized spacial score (nSPS) is 18.6. The van der Waals surface area contributed by atoms with Gasteiger partial charge in [0, 0.05) is 0 Å². The molecule has 4 nitrogen and oxygen atoms in total. The maximum atomic E-state index is 6.08. The second kappa shape index (κ2) is 10.4. The molecule has 0 heterocycles. The van der Waals surface area contributed by atoms with Crippen LogP contribution in [0.15, 0.2) is 0 Å².